The molecule has 2 aromatic rings. The van der Waals surface area contributed by atoms with Crippen molar-refractivity contribution in [3.05, 3.63) is 58.7 Å². The highest BCUT2D eigenvalue weighted by Gasteiger charge is 2.35. The van der Waals surface area contributed by atoms with Crippen molar-refractivity contribution in [1.29, 1.82) is 0 Å². The topological polar surface area (TPSA) is 66.8 Å². The second-order valence-electron chi connectivity index (χ2n) is 4.65. The van der Waals surface area contributed by atoms with Gasteiger partial charge in [0.1, 0.15) is 17.6 Å². The molecule has 1 aliphatic carbocycles. The van der Waals surface area contributed by atoms with E-state index in [0.29, 0.717) is 17.7 Å². The number of rotatable bonds is 2. The Hall–Kier alpha value is -2.33. The number of aromatic hydroxyl groups is 2. The van der Waals surface area contributed by atoms with Crippen molar-refractivity contribution in [2.45, 2.75) is 13.0 Å². The van der Waals surface area contributed by atoms with Crippen LogP contribution in [0.15, 0.2) is 36.4 Å². The van der Waals surface area contributed by atoms with Crippen LogP contribution in [-0.2, 0) is 4.74 Å². The second kappa shape index (κ2) is 4.65. The van der Waals surface area contributed by atoms with E-state index in [1.165, 1.54) is 12.1 Å². The predicted molar refractivity (Wildman–Crippen MR) is 73.1 cm³/mol. The van der Waals surface area contributed by atoms with Crippen molar-refractivity contribution in [3.8, 4) is 11.5 Å². The summed E-state index contributed by atoms with van der Waals surface area (Å²) >= 11 is 0. The SMILES string of the molecule is CCOC1c2cccc(O)c2C(=O)c2c(O)cccc21. The normalized spacial score (nSPS) is 13.9. The number of ether oxygens (including phenoxy) is 1. The van der Waals surface area contributed by atoms with Gasteiger partial charge in [-0.05, 0) is 19.1 Å². The highest BCUT2D eigenvalue weighted by Crippen LogP contribution is 2.43. The maximum atomic E-state index is 12.5. The Labute approximate surface area is 116 Å². The van der Waals surface area contributed by atoms with Gasteiger partial charge in [-0.25, -0.2) is 0 Å². The molecule has 4 nitrogen and oxygen atoms in total. The van der Waals surface area contributed by atoms with Crippen LogP contribution in [0.25, 0.3) is 0 Å². The van der Waals surface area contributed by atoms with E-state index in [2.05, 4.69) is 0 Å². The van der Waals surface area contributed by atoms with Crippen molar-refractivity contribution in [3.63, 3.8) is 0 Å². The summed E-state index contributed by atoms with van der Waals surface area (Å²) in [7, 11) is 0. The van der Waals surface area contributed by atoms with Crippen LogP contribution in [0.2, 0.25) is 0 Å². The van der Waals surface area contributed by atoms with Gasteiger partial charge in [0.05, 0.1) is 11.1 Å². The van der Waals surface area contributed by atoms with E-state index >= 15 is 0 Å². The summed E-state index contributed by atoms with van der Waals surface area (Å²) in [5.74, 6) is -0.556. The highest BCUT2D eigenvalue weighted by atomic mass is 16.5. The van der Waals surface area contributed by atoms with E-state index in [-0.39, 0.29) is 28.4 Å². The first-order valence-corrected chi connectivity index (χ1v) is 6.45. The van der Waals surface area contributed by atoms with E-state index in [0.717, 1.165) is 0 Å². The van der Waals surface area contributed by atoms with Crippen LogP contribution in [-0.4, -0.2) is 22.6 Å². The van der Waals surface area contributed by atoms with E-state index in [4.69, 9.17) is 4.74 Å². The minimum absolute atomic E-state index is 0.0916. The lowest BCUT2D eigenvalue weighted by Gasteiger charge is -2.28. The first kappa shape index (κ1) is 12.7. The fourth-order valence-electron chi connectivity index (χ4n) is 2.69. The standard InChI is InChI=1S/C16H14O4/c1-2-20-16-9-5-3-7-11(17)13(9)15(19)14-10(16)6-4-8-12(14)18/h3-8,16-18H,2H2,1H3. The van der Waals surface area contributed by atoms with E-state index in [1.807, 2.05) is 6.92 Å². The second-order valence-corrected chi connectivity index (χ2v) is 4.65. The summed E-state index contributed by atoms with van der Waals surface area (Å²) in [6.07, 6.45) is -0.457. The molecule has 0 spiro atoms. The molecule has 3 rings (SSSR count). The van der Waals surface area contributed by atoms with Gasteiger partial charge < -0.3 is 14.9 Å². The molecule has 20 heavy (non-hydrogen) atoms. The van der Waals surface area contributed by atoms with Crippen LogP contribution >= 0.6 is 0 Å². The van der Waals surface area contributed by atoms with Gasteiger partial charge in [-0.2, -0.15) is 0 Å². The molecule has 0 saturated heterocycles. The van der Waals surface area contributed by atoms with Gasteiger partial charge in [0.25, 0.3) is 0 Å². The number of fused-ring (bicyclic) bond motifs is 2. The van der Waals surface area contributed by atoms with Crippen molar-refractivity contribution in [2.75, 3.05) is 6.61 Å². The molecule has 0 radical (unpaired) electrons. The molecule has 0 saturated carbocycles. The van der Waals surface area contributed by atoms with Gasteiger partial charge in [-0.1, -0.05) is 24.3 Å². The first-order chi connectivity index (χ1) is 9.65. The Morgan fingerprint density at radius 2 is 1.50 bits per heavy atom. The van der Waals surface area contributed by atoms with Crippen LogP contribution in [0.5, 0.6) is 11.5 Å². The third kappa shape index (κ3) is 1.69. The van der Waals surface area contributed by atoms with Gasteiger partial charge in [-0.15, -0.1) is 0 Å². The predicted octanol–water partition coefficient (Wildman–Crippen LogP) is 2.77. The molecule has 2 aromatic carbocycles. The summed E-state index contributed by atoms with van der Waals surface area (Å²) in [6, 6.07) is 9.82. The minimum Gasteiger partial charge on any atom is -0.507 e. The molecule has 102 valence electrons. The lowest BCUT2D eigenvalue weighted by molar-refractivity contribution is 0.0823. The Bertz CT molecular complexity index is 635. The average molecular weight is 270 g/mol. The molecule has 2 N–H and O–H groups in total. The fraction of sp³-hybridized carbons (Fsp3) is 0.188. The molecule has 1 aliphatic rings. The Morgan fingerprint density at radius 1 is 1.00 bits per heavy atom. The number of carbonyl (C=O) groups excluding carboxylic acids is 1. The van der Waals surface area contributed by atoms with Crippen LogP contribution in [0.1, 0.15) is 40.1 Å². The number of hydrogen-bond acceptors (Lipinski definition) is 4. The molecule has 0 aromatic heterocycles. The molecule has 0 aliphatic heterocycles. The van der Waals surface area contributed by atoms with Gasteiger partial charge >= 0.3 is 0 Å². The van der Waals surface area contributed by atoms with E-state index < -0.39 is 6.10 Å². The third-order valence-electron chi connectivity index (χ3n) is 3.50. The van der Waals surface area contributed by atoms with E-state index in [1.54, 1.807) is 24.3 Å². The summed E-state index contributed by atoms with van der Waals surface area (Å²) < 4.78 is 5.72. The monoisotopic (exact) mass is 270 g/mol. The molecular formula is C16H14O4. The van der Waals surface area contributed by atoms with Crippen LogP contribution in [0, 0.1) is 0 Å². The first-order valence-electron chi connectivity index (χ1n) is 6.45. The third-order valence-corrected chi connectivity index (χ3v) is 3.50. The number of phenols is 2. The van der Waals surface area contributed by atoms with Crippen molar-refractivity contribution < 1.29 is 19.7 Å². The number of hydrogen-bond donors (Lipinski definition) is 2. The van der Waals surface area contributed by atoms with Crippen LogP contribution in [0.4, 0.5) is 0 Å². The zero-order valence-electron chi connectivity index (χ0n) is 11.0. The lowest BCUT2D eigenvalue weighted by atomic mass is 9.82. The fourth-order valence-corrected chi connectivity index (χ4v) is 2.69. The average Bonchev–Trinajstić information content (AvgIpc) is 2.43. The number of carbonyl (C=O) groups is 1. The number of phenolic OH excluding ortho intramolecular Hbond substituents is 2. The Balaban J connectivity index is 2.31. The Morgan fingerprint density at radius 3 is 1.95 bits per heavy atom. The minimum atomic E-state index is -0.457. The van der Waals surface area contributed by atoms with Gasteiger partial charge in [0.2, 0.25) is 5.78 Å². The molecule has 0 heterocycles. The number of benzene rings is 2. The quantitative estimate of drug-likeness (QED) is 0.880. The van der Waals surface area contributed by atoms with Crippen LogP contribution in [0.3, 0.4) is 0 Å². The van der Waals surface area contributed by atoms with Gasteiger partial charge in [0.15, 0.2) is 0 Å². The lowest BCUT2D eigenvalue weighted by Crippen LogP contribution is -2.21. The zero-order valence-corrected chi connectivity index (χ0v) is 11.0. The summed E-state index contributed by atoms with van der Waals surface area (Å²) in [6.45, 7) is 2.32. The largest absolute Gasteiger partial charge is 0.507 e. The molecule has 0 unspecified atom stereocenters. The molecular weight excluding hydrogens is 256 g/mol. The summed E-state index contributed by atoms with van der Waals surface area (Å²) in [5.41, 5.74) is 1.69. The van der Waals surface area contributed by atoms with Crippen molar-refractivity contribution in [2.24, 2.45) is 0 Å². The van der Waals surface area contributed by atoms with Gasteiger partial charge in [0, 0.05) is 17.7 Å². The molecule has 0 bridgehead atoms. The van der Waals surface area contributed by atoms with Gasteiger partial charge in [-0.3, -0.25) is 4.79 Å². The molecule has 0 atom stereocenters. The maximum Gasteiger partial charge on any atom is 0.201 e. The molecule has 4 heteroatoms. The Kier molecular flexibility index (Phi) is 2.95. The van der Waals surface area contributed by atoms with Crippen molar-refractivity contribution >= 4 is 5.78 Å². The molecule has 0 amide bonds. The van der Waals surface area contributed by atoms with Crippen LogP contribution < -0.4 is 0 Å². The smallest absolute Gasteiger partial charge is 0.201 e. The maximum absolute atomic E-state index is 12.5. The van der Waals surface area contributed by atoms with E-state index in [9.17, 15) is 15.0 Å². The zero-order chi connectivity index (χ0) is 14.3. The van der Waals surface area contributed by atoms with Crippen molar-refractivity contribution in [1.82, 2.24) is 0 Å². The molecule has 0 fully saturated rings. The highest BCUT2D eigenvalue weighted by molar-refractivity contribution is 6.15. The summed E-state index contributed by atoms with van der Waals surface area (Å²) in [4.78, 5) is 12.5. The summed E-state index contributed by atoms with van der Waals surface area (Å²) in [5, 5.41) is 19.9. The number of ketones is 1.